The van der Waals surface area contributed by atoms with Gasteiger partial charge in [-0.2, -0.15) is 5.26 Å². The van der Waals surface area contributed by atoms with Gasteiger partial charge in [-0.1, -0.05) is 6.07 Å². The first kappa shape index (κ1) is 12.7. The molecule has 0 unspecified atom stereocenters. The molecule has 0 aliphatic carbocycles. The largest absolute Gasteiger partial charge is 0.493 e. The van der Waals surface area contributed by atoms with Crippen LogP contribution in [-0.4, -0.2) is 7.11 Å². The lowest BCUT2D eigenvalue weighted by Gasteiger charge is -2.12. The Morgan fingerprint density at radius 3 is 2.63 bits per heavy atom. The minimum atomic E-state index is -0.636. The van der Waals surface area contributed by atoms with Crippen molar-refractivity contribution in [3.63, 3.8) is 0 Å². The molecule has 0 aliphatic heterocycles. The van der Waals surface area contributed by atoms with Crippen molar-refractivity contribution in [1.29, 1.82) is 5.26 Å². The van der Waals surface area contributed by atoms with Gasteiger partial charge in [0.2, 0.25) is 0 Å². The summed E-state index contributed by atoms with van der Waals surface area (Å²) in [5, 5.41) is 8.93. The summed E-state index contributed by atoms with van der Waals surface area (Å²) in [7, 11) is 1.48. The molecular formula is C14H11FN2O2. The van der Waals surface area contributed by atoms with E-state index in [1.165, 1.54) is 25.3 Å². The van der Waals surface area contributed by atoms with Crippen molar-refractivity contribution in [2.75, 3.05) is 12.8 Å². The van der Waals surface area contributed by atoms with Gasteiger partial charge in [-0.15, -0.1) is 0 Å². The van der Waals surface area contributed by atoms with E-state index in [0.29, 0.717) is 17.2 Å². The molecule has 19 heavy (non-hydrogen) atoms. The van der Waals surface area contributed by atoms with Crippen LogP contribution in [0.1, 0.15) is 5.56 Å². The minimum absolute atomic E-state index is 0.117. The summed E-state index contributed by atoms with van der Waals surface area (Å²) in [5.41, 5.74) is 5.98. The van der Waals surface area contributed by atoms with Crippen LogP contribution >= 0.6 is 0 Å². The third-order valence-corrected chi connectivity index (χ3v) is 2.49. The van der Waals surface area contributed by atoms with Crippen LogP contribution < -0.4 is 15.2 Å². The molecule has 2 aromatic carbocycles. The second kappa shape index (κ2) is 5.27. The fourth-order valence-electron chi connectivity index (χ4n) is 1.59. The van der Waals surface area contributed by atoms with Gasteiger partial charge in [-0.05, 0) is 24.3 Å². The number of anilines is 1. The van der Waals surface area contributed by atoms with Gasteiger partial charge in [0.25, 0.3) is 0 Å². The average molecular weight is 258 g/mol. The molecule has 2 aromatic rings. The Morgan fingerprint density at radius 1 is 1.16 bits per heavy atom. The number of benzene rings is 2. The molecule has 0 fully saturated rings. The number of methoxy groups -OCH3 is 1. The fraction of sp³-hybridized carbons (Fsp3) is 0.0714. The van der Waals surface area contributed by atoms with Crippen molar-refractivity contribution in [1.82, 2.24) is 0 Å². The Labute approximate surface area is 109 Å². The zero-order chi connectivity index (χ0) is 13.8. The maximum atomic E-state index is 13.5. The summed E-state index contributed by atoms with van der Waals surface area (Å²) in [6, 6.07) is 10.8. The first-order valence-electron chi connectivity index (χ1n) is 5.45. The van der Waals surface area contributed by atoms with E-state index in [0.717, 1.165) is 0 Å². The summed E-state index contributed by atoms with van der Waals surface area (Å²) >= 11 is 0. The van der Waals surface area contributed by atoms with Crippen LogP contribution in [0.3, 0.4) is 0 Å². The quantitative estimate of drug-likeness (QED) is 0.859. The second-order valence-electron chi connectivity index (χ2n) is 3.74. The monoisotopic (exact) mass is 258 g/mol. The average Bonchev–Trinajstić information content (AvgIpc) is 2.39. The van der Waals surface area contributed by atoms with Gasteiger partial charge < -0.3 is 15.2 Å². The lowest BCUT2D eigenvalue weighted by atomic mass is 10.2. The summed E-state index contributed by atoms with van der Waals surface area (Å²) in [6.07, 6.45) is 0. The lowest BCUT2D eigenvalue weighted by Crippen LogP contribution is -1.95. The van der Waals surface area contributed by atoms with Gasteiger partial charge in [0.15, 0.2) is 11.5 Å². The molecule has 0 saturated heterocycles. The van der Waals surface area contributed by atoms with Crippen molar-refractivity contribution < 1.29 is 13.9 Å². The van der Waals surface area contributed by atoms with Crippen molar-refractivity contribution in [3.8, 4) is 23.3 Å². The Hall–Kier alpha value is -2.74. The standard InChI is InChI=1S/C14H11FN2O2/c1-18-13-6-5-9(17)7-14(13)19-12-4-2-3-11(15)10(12)8-16/h2-7H,17H2,1H3. The first-order chi connectivity index (χ1) is 9.15. The molecule has 0 saturated carbocycles. The molecule has 0 radical (unpaired) electrons. The number of ether oxygens (including phenoxy) is 2. The number of nitriles is 1. The third-order valence-electron chi connectivity index (χ3n) is 2.49. The van der Waals surface area contributed by atoms with Gasteiger partial charge in [0.05, 0.1) is 7.11 Å². The van der Waals surface area contributed by atoms with Gasteiger partial charge >= 0.3 is 0 Å². The maximum Gasteiger partial charge on any atom is 0.171 e. The zero-order valence-electron chi connectivity index (χ0n) is 10.2. The van der Waals surface area contributed by atoms with E-state index in [-0.39, 0.29) is 11.3 Å². The highest BCUT2D eigenvalue weighted by atomic mass is 19.1. The minimum Gasteiger partial charge on any atom is -0.493 e. The highest BCUT2D eigenvalue weighted by Crippen LogP contribution is 2.34. The smallest absolute Gasteiger partial charge is 0.171 e. The van der Waals surface area contributed by atoms with Gasteiger partial charge in [-0.3, -0.25) is 0 Å². The van der Waals surface area contributed by atoms with E-state index in [9.17, 15) is 4.39 Å². The van der Waals surface area contributed by atoms with Crippen LogP contribution in [0.5, 0.6) is 17.2 Å². The Kier molecular flexibility index (Phi) is 3.53. The number of hydrogen-bond donors (Lipinski definition) is 1. The molecule has 0 amide bonds. The van der Waals surface area contributed by atoms with E-state index >= 15 is 0 Å². The zero-order valence-corrected chi connectivity index (χ0v) is 10.2. The Morgan fingerprint density at radius 2 is 1.95 bits per heavy atom. The lowest BCUT2D eigenvalue weighted by molar-refractivity contribution is 0.378. The predicted molar refractivity (Wildman–Crippen MR) is 68.6 cm³/mol. The summed E-state index contributed by atoms with van der Waals surface area (Å²) in [4.78, 5) is 0. The number of halogens is 1. The second-order valence-corrected chi connectivity index (χ2v) is 3.74. The molecule has 2 rings (SSSR count). The number of hydrogen-bond acceptors (Lipinski definition) is 4. The van der Waals surface area contributed by atoms with E-state index < -0.39 is 5.82 Å². The van der Waals surface area contributed by atoms with Crippen molar-refractivity contribution >= 4 is 5.69 Å². The van der Waals surface area contributed by atoms with Crippen molar-refractivity contribution in [2.45, 2.75) is 0 Å². The van der Waals surface area contributed by atoms with E-state index in [2.05, 4.69) is 0 Å². The molecule has 0 aromatic heterocycles. The van der Waals surface area contributed by atoms with Crippen LogP contribution in [0, 0.1) is 17.1 Å². The van der Waals surface area contributed by atoms with Crippen LogP contribution in [0.4, 0.5) is 10.1 Å². The number of nitrogens with two attached hydrogens (primary N) is 1. The van der Waals surface area contributed by atoms with Crippen LogP contribution in [0.2, 0.25) is 0 Å². The number of nitrogens with zero attached hydrogens (tertiary/aromatic N) is 1. The van der Waals surface area contributed by atoms with Crippen molar-refractivity contribution in [3.05, 3.63) is 47.8 Å². The van der Waals surface area contributed by atoms with Gasteiger partial charge in [0.1, 0.15) is 23.2 Å². The Balaban J connectivity index is 2.45. The van der Waals surface area contributed by atoms with Crippen LogP contribution in [0.25, 0.3) is 0 Å². The van der Waals surface area contributed by atoms with Crippen LogP contribution in [-0.2, 0) is 0 Å². The molecule has 0 bridgehead atoms. The number of nitrogen functional groups attached to an aromatic ring is 1. The van der Waals surface area contributed by atoms with E-state index in [4.69, 9.17) is 20.5 Å². The molecule has 0 spiro atoms. The highest BCUT2D eigenvalue weighted by Gasteiger charge is 2.12. The highest BCUT2D eigenvalue weighted by molar-refractivity contribution is 5.55. The molecule has 0 aliphatic rings. The SMILES string of the molecule is COc1ccc(N)cc1Oc1cccc(F)c1C#N. The maximum absolute atomic E-state index is 13.5. The Bertz CT molecular complexity index is 650. The molecule has 0 heterocycles. The summed E-state index contributed by atoms with van der Waals surface area (Å²) in [6.45, 7) is 0. The van der Waals surface area contributed by atoms with E-state index in [1.54, 1.807) is 24.3 Å². The van der Waals surface area contributed by atoms with Crippen LogP contribution in [0.15, 0.2) is 36.4 Å². The molecule has 96 valence electrons. The summed E-state index contributed by atoms with van der Waals surface area (Å²) < 4.78 is 24.1. The molecule has 2 N–H and O–H groups in total. The predicted octanol–water partition coefficient (Wildman–Crippen LogP) is 3.08. The summed E-state index contributed by atoms with van der Waals surface area (Å²) in [5.74, 6) is 0.251. The van der Waals surface area contributed by atoms with Crippen molar-refractivity contribution in [2.24, 2.45) is 0 Å². The normalized spacial score (nSPS) is 9.74. The molecule has 0 atom stereocenters. The van der Waals surface area contributed by atoms with E-state index in [1.807, 2.05) is 0 Å². The van der Waals surface area contributed by atoms with Gasteiger partial charge in [-0.25, -0.2) is 4.39 Å². The molecule has 4 nitrogen and oxygen atoms in total. The molecular weight excluding hydrogens is 247 g/mol. The topological polar surface area (TPSA) is 68.3 Å². The van der Waals surface area contributed by atoms with Gasteiger partial charge in [0, 0.05) is 11.8 Å². The molecule has 5 heteroatoms. The fourth-order valence-corrected chi connectivity index (χ4v) is 1.59. The first-order valence-corrected chi connectivity index (χ1v) is 5.45. The number of rotatable bonds is 3. The third kappa shape index (κ3) is 2.58.